The van der Waals surface area contributed by atoms with E-state index in [0.29, 0.717) is 18.7 Å². The molecule has 0 aromatic heterocycles. The lowest BCUT2D eigenvalue weighted by Gasteiger charge is -2.05. The zero-order valence-corrected chi connectivity index (χ0v) is 10.7. The Kier molecular flexibility index (Phi) is 4.70. The summed E-state index contributed by atoms with van der Waals surface area (Å²) in [6.45, 7) is 0.866. The Bertz CT molecular complexity index is 520. The number of carbonyl (C=O) groups is 1. The minimum Gasteiger partial charge on any atom is -0.462 e. The standard InChI is InChI=1S/C16H17NO2/c17-12-14-6-8-15(9-7-14)16(18)19-11-10-13-4-2-1-3-5-13/h1-9H,10-12,17H2. The van der Waals surface area contributed by atoms with E-state index in [2.05, 4.69) is 0 Å². The van der Waals surface area contributed by atoms with Crippen LogP contribution in [-0.2, 0) is 17.7 Å². The first kappa shape index (κ1) is 13.3. The molecule has 0 bridgehead atoms. The minimum absolute atomic E-state index is 0.292. The minimum atomic E-state index is -0.292. The molecule has 0 unspecified atom stereocenters. The summed E-state index contributed by atoms with van der Waals surface area (Å²) in [5, 5.41) is 0. The van der Waals surface area contributed by atoms with Gasteiger partial charge in [0, 0.05) is 13.0 Å². The number of nitrogens with two attached hydrogens (primary N) is 1. The van der Waals surface area contributed by atoms with Crippen molar-refractivity contribution in [3.63, 3.8) is 0 Å². The molecule has 0 heterocycles. The molecule has 2 N–H and O–H groups in total. The van der Waals surface area contributed by atoms with E-state index in [9.17, 15) is 4.79 Å². The Morgan fingerprint density at radius 3 is 2.26 bits per heavy atom. The van der Waals surface area contributed by atoms with Crippen molar-refractivity contribution in [1.82, 2.24) is 0 Å². The normalized spacial score (nSPS) is 10.2. The summed E-state index contributed by atoms with van der Waals surface area (Å²) >= 11 is 0. The fourth-order valence-electron chi connectivity index (χ4n) is 1.77. The van der Waals surface area contributed by atoms with Crippen molar-refractivity contribution in [2.45, 2.75) is 13.0 Å². The summed E-state index contributed by atoms with van der Waals surface area (Å²) in [6.07, 6.45) is 0.730. The number of carbonyl (C=O) groups excluding carboxylic acids is 1. The van der Waals surface area contributed by atoms with E-state index in [1.54, 1.807) is 12.1 Å². The molecule has 0 fully saturated rings. The van der Waals surface area contributed by atoms with Crippen LogP contribution in [0.2, 0.25) is 0 Å². The zero-order valence-electron chi connectivity index (χ0n) is 10.7. The first-order chi connectivity index (χ1) is 9.29. The number of rotatable bonds is 5. The molecule has 0 saturated heterocycles. The summed E-state index contributed by atoms with van der Waals surface area (Å²) in [4.78, 5) is 11.8. The Morgan fingerprint density at radius 1 is 0.947 bits per heavy atom. The lowest BCUT2D eigenvalue weighted by molar-refractivity contribution is 0.0509. The van der Waals surface area contributed by atoms with Crippen LogP contribution in [0.4, 0.5) is 0 Å². The summed E-state index contributed by atoms with van der Waals surface area (Å²) < 4.78 is 5.24. The largest absolute Gasteiger partial charge is 0.462 e. The van der Waals surface area contributed by atoms with Crippen molar-refractivity contribution in [2.24, 2.45) is 5.73 Å². The number of hydrogen-bond acceptors (Lipinski definition) is 3. The van der Waals surface area contributed by atoms with Crippen molar-refractivity contribution in [2.75, 3.05) is 6.61 Å². The summed E-state index contributed by atoms with van der Waals surface area (Å²) in [5.74, 6) is -0.292. The number of benzene rings is 2. The molecule has 3 heteroatoms. The van der Waals surface area contributed by atoms with Crippen LogP contribution in [0.1, 0.15) is 21.5 Å². The second kappa shape index (κ2) is 6.71. The van der Waals surface area contributed by atoms with Crippen LogP contribution in [0.25, 0.3) is 0 Å². The number of esters is 1. The van der Waals surface area contributed by atoms with Crippen molar-refractivity contribution < 1.29 is 9.53 Å². The van der Waals surface area contributed by atoms with E-state index in [1.807, 2.05) is 42.5 Å². The molecule has 0 aliphatic heterocycles. The van der Waals surface area contributed by atoms with Crippen molar-refractivity contribution in [3.8, 4) is 0 Å². The highest BCUT2D eigenvalue weighted by Crippen LogP contribution is 2.06. The summed E-state index contributed by atoms with van der Waals surface area (Å²) in [5.41, 5.74) is 8.23. The molecule has 0 amide bonds. The molecule has 3 nitrogen and oxygen atoms in total. The summed E-state index contributed by atoms with van der Waals surface area (Å²) in [6, 6.07) is 17.1. The van der Waals surface area contributed by atoms with Gasteiger partial charge in [0.25, 0.3) is 0 Å². The van der Waals surface area contributed by atoms with E-state index in [-0.39, 0.29) is 5.97 Å². The van der Waals surface area contributed by atoms with E-state index in [1.165, 1.54) is 0 Å². The third-order valence-corrected chi connectivity index (χ3v) is 2.89. The fraction of sp³-hybridized carbons (Fsp3) is 0.188. The van der Waals surface area contributed by atoms with Gasteiger partial charge in [-0.2, -0.15) is 0 Å². The Hall–Kier alpha value is -2.13. The van der Waals surface area contributed by atoms with Gasteiger partial charge in [0.05, 0.1) is 12.2 Å². The first-order valence-electron chi connectivity index (χ1n) is 6.29. The molecule has 0 aliphatic carbocycles. The zero-order chi connectivity index (χ0) is 13.5. The quantitative estimate of drug-likeness (QED) is 0.835. The monoisotopic (exact) mass is 255 g/mol. The second-order valence-electron chi connectivity index (χ2n) is 4.27. The van der Waals surface area contributed by atoms with Gasteiger partial charge in [-0.25, -0.2) is 4.79 Å². The third-order valence-electron chi connectivity index (χ3n) is 2.89. The van der Waals surface area contributed by atoms with Gasteiger partial charge in [0.15, 0.2) is 0 Å². The van der Waals surface area contributed by atoms with Crippen LogP contribution >= 0.6 is 0 Å². The predicted molar refractivity (Wildman–Crippen MR) is 74.8 cm³/mol. The van der Waals surface area contributed by atoms with Gasteiger partial charge >= 0.3 is 5.97 Å². The molecule has 0 radical (unpaired) electrons. The predicted octanol–water partition coefficient (Wildman–Crippen LogP) is 2.54. The number of ether oxygens (including phenoxy) is 1. The van der Waals surface area contributed by atoms with Gasteiger partial charge in [0.1, 0.15) is 0 Å². The van der Waals surface area contributed by atoms with Gasteiger partial charge in [-0.1, -0.05) is 42.5 Å². The highest BCUT2D eigenvalue weighted by molar-refractivity contribution is 5.89. The van der Waals surface area contributed by atoms with Crippen LogP contribution in [0, 0.1) is 0 Å². The molecule has 2 rings (SSSR count). The van der Waals surface area contributed by atoms with Crippen LogP contribution in [0.5, 0.6) is 0 Å². The maximum atomic E-state index is 11.8. The maximum Gasteiger partial charge on any atom is 0.338 e. The average Bonchev–Trinajstić information content (AvgIpc) is 2.48. The smallest absolute Gasteiger partial charge is 0.338 e. The molecule has 0 spiro atoms. The van der Waals surface area contributed by atoms with Gasteiger partial charge in [-0.15, -0.1) is 0 Å². The van der Waals surface area contributed by atoms with E-state index in [0.717, 1.165) is 17.5 Å². The highest BCUT2D eigenvalue weighted by Gasteiger charge is 2.06. The highest BCUT2D eigenvalue weighted by atomic mass is 16.5. The van der Waals surface area contributed by atoms with E-state index in [4.69, 9.17) is 10.5 Å². The Morgan fingerprint density at radius 2 is 1.63 bits per heavy atom. The molecule has 0 atom stereocenters. The van der Waals surface area contributed by atoms with Crippen LogP contribution in [-0.4, -0.2) is 12.6 Å². The Labute approximate surface area is 113 Å². The van der Waals surface area contributed by atoms with Crippen molar-refractivity contribution in [3.05, 3.63) is 71.3 Å². The van der Waals surface area contributed by atoms with Crippen LogP contribution in [0.15, 0.2) is 54.6 Å². The molecule has 2 aromatic rings. The molecule has 0 aliphatic rings. The van der Waals surface area contributed by atoms with Crippen LogP contribution in [0.3, 0.4) is 0 Å². The lowest BCUT2D eigenvalue weighted by atomic mass is 10.1. The van der Waals surface area contributed by atoms with Gasteiger partial charge in [-0.3, -0.25) is 0 Å². The number of hydrogen-bond donors (Lipinski definition) is 1. The molecular weight excluding hydrogens is 238 g/mol. The average molecular weight is 255 g/mol. The Balaban J connectivity index is 1.84. The van der Waals surface area contributed by atoms with E-state index >= 15 is 0 Å². The molecule has 0 saturated carbocycles. The molecule has 19 heavy (non-hydrogen) atoms. The molecule has 98 valence electrons. The van der Waals surface area contributed by atoms with Gasteiger partial charge in [-0.05, 0) is 23.3 Å². The fourth-order valence-corrected chi connectivity index (χ4v) is 1.77. The van der Waals surface area contributed by atoms with E-state index < -0.39 is 0 Å². The lowest BCUT2D eigenvalue weighted by Crippen LogP contribution is -2.08. The topological polar surface area (TPSA) is 52.3 Å². The van der Waals surface area contributed by atoms with Gasteiger partial charge in [0.2, 0.25) is 0 Å². The summed E-state index contributed by atoms with van der Waals surface area (Å²) in [7, 11) is 0. The second-order valence-corrected chi connectivity index (χ2v) is 4.27. The molecular formula is C16H17NO2. The van der Waals surface area contributed by atoms with Crippen molar-refractivity contribution >= 4 is 5.97 Å². The van der Waals surface area contributed by atoms with Crippen LogP contribution < -0.4 is 5.73 Å². The van der Waals surface area contributed by atoms with Crippen molar-refractivity contribution in [1.29, 1.82) is 0 Å². The maximum absolute atomic E-state index is 11.8. The third kappa shape index (κ3) is 3.93. The molecule has 2 aromatic carbocycles. The van der Waals surface area contributed by atoms with Gasteiger partial charge < -0.3 is 10.5 Å². The first-order valence-corrected chi connectivity index (χ1v) is 6.29. The SMILES string of the molecule is NCc1ccc(C(=O)OCCc2ccccc2)cc1.